The Balaban J connectivity index is 1.34. The molecule has 0 saturated carbocycles. The number of piperazine rings is 1. The van der Waals surface area contributed by atoms with Crippen LogP contribution in [0.25, 0.3) is 27.9 Å². The van der Waals surface area contributed by atoms with E-state index in [2.05, 4.69) is 33.9 Å². The number of nitrogens with two attached hydrogens (primary N) is 1. The molecule has 0 spiro atoms. The predicted molar refractivity (Wildman–Crippen MR) is 168 cm³/mol. The minimum Gasteiger partial charge on any atom is -0.457 e. The molecule has 2 aromatic carbocycles. The topological polar surface area (TPSA) is 113 Å². The standard InChI is InChI=1S/C34H33N7O2/c1-23-16-24(18-26(20-35)34(42)40-14-12-39(2)13-15-40)19-27(17-23)41-21-30(31-32(36)37-22-38-33(31)41)25-8-10-29(11-9-25)43-28-6-4-3-5-7-28/h3-11,17-19,21-23H,12-16H2,1-2H3,(H2,36,37,38). The van der Waals surface area contributed by atoms with Crippen LogP contribution in [0.15, 0.2) is 96.5 Å². The van der Waals surface area contributed by atoms with E-state index in [4.69, 9.17) is 10.5 Å². The second-order valence-corrected chi connectivity index (χ2v) is 11.1. The molecule has 0 bridgehead atoms. The Morgan fingerprint density at radius 3 is 2.49 bits per heavy atom. The van der Waals surface area contributed by atoms with Crippen molar-refractivity contribution in [2.24, 2.45) is 5.92 Å². The van der Waals surface area contributed by atoms with E-state index in [9.17, 15) is 10.1 Å². The lowest BCUT2D eigenvalue weighted by Crippen LogP contribution is -2.47. The SMILES string of the molecule is CC1C=C(n2cc(-c3ccc(Oc4ccccc4)cc3)c3c(N)ncnc32)C=C(C=C(C#N)C(=O)N2CCN(C)CC2)C1. The third-order valence-electron chi connectivity index (χ3n) is 7.85. The number of anilines is 1. The number of carbonyl (C=O) groups excluding carboxylic acids is 1. The lowest BCUT2D eigenvalue weighted by molar-refractivity contribution is -0.128. The first-order valence-corrected chi connectivity index (χ1v) is 14.4. The molecule has 9 heteroatoms. The number of fused-ring (bicyclic) bond motifs is 1. The summed E-state index contributed by atoms with van der Waals surface area (Å²) in [6.07, 6.45) is 10.1. The number of carbonyl (C=O) groups is 1. The summed E-state index contributed by atoms with van der Waals surface area (Å²) < 4.78 is 7.99. The number of ether oxygens (including phenoxy) is 1. The number of benzene rings is 2. The maximum Gasteiger partial charge on any atom is 0.264 e. The van der Waals surface area contributed by atoms with Crippen LogP contribution in [0.5, 0.6) is 11.5 Å². The third kappa shape index (κ3) is 5.92. The number of hydrogen-bond acceptors (Lipinski definition) is 7. The molecule has 4 aromatic rings. The molecule has 2 aliphatic rings. The highest BCUT2D eigenvalue weighted by Gasteiger charge is 2.24. The van der Waals surface area contributed by atoms with Crippen molar-refractivity contribution in [3.8, 4) is 28.7 Å². The Bertz CT molecular complexity index is 1790. The van der Waals surface area contributed by atoms with Gasteiger partial charge < -0.3 is 24.8 Å². The van der Waals surface area contributed by atoms with Crippen LogP contribution in [-0.2, 0) is 4.79 Å². The summed E-state index contributed by atoms with van der Waals surface area (Å²) in [5, 5.41) is 10.7. The zero-order chi connectivity index (χ0) is 29.9. The van der Waals surface area contributed by atoms with E-state index in [0.29, 0.717) is 24.6 Å². The summed E-state index contributed by atoms with van der Waals surface area (Å²) in [6, 6.07) is 19.6. The second kappa shape index (κ2) is 12.0. The number of likely N-dealkylation sites (N-methyl/N-ethyl adjacent to an activating group) is 1. The van der Waals surface area contributed by atoms with Crippen LogP contribution in [0.3, 0.4) is 0 Å². The van der Waals surface area contributed by atoms with Gasteiger partial charge in [0.25, 0.3) is 5.91 Å². The summed E-state index contributed by atoms with van der Waals surface area (Å²) in [7, 11) is 2.04. The molecule has 3 heterocycles. The van der Waals surface area contributed by atoms with Gasteiger partial charge in [-0.25, -0.2) is 9.97 Å². The molecular formula is C34H33N7O2. The van der Waals surface area contributed by atoms with E-state index in [1.807, 2.05) is 78.5 Å². The molecule has 2 aromatic heterocycles. The van der Waals surface area contributed by atoms with E-state index in [1.54, 1.807) is 11.0 Å². The number of allylic oxidation sites excluding steroid dienone is 5. The van der Waals surface area contributed by atoms with Crippen molar-refractivity contribution in [2.75, 3.05) is 39.0 Å². The van der Waals surface area contributed by atoms with E-state index < -0.39 is 0 Å². The van der Waals surface area contributed by atoms with Gasteiger partial charge in [-0.05, 0) is 66.9 Å². The van der Waals surface area contributed by atoms with Crippen molar-refractivity contribution in [3.63, 3.8) is 0 Å². The van der Waals surface area contributed by atoms with Gasteiger partial charge in [-0.2, -0.15) is 5.26 Å². The molecule has 1 amide bonds. The minimum atomic E-state index is -0.214. The van der Waals surface area contributed by atoms with Crippen LogP contribution >= 0.6 is 0 Å². The van der Waals surface area contributed by atoms with Crippen molar-refractivity contribution in [1.29, 1.82) is 5.26 Å². The van der Waals surface area contributed by atoms with Gasteiger partial charge in [-0.1, -0.05) is 43.3 Å². The summed E-state index contributed by atoms with van der Waals surface area (Å²) in [5.74, 6) is 1.85. The summed E-state index contributed by atoms with van der Waals surface area (Å²) in [4.78, 5) is 26.0. The molecule has 43 heavy (non-hydrogen) atoms. The van der Waals surface area contributed by atoms with Gasteiger partial charge in [0.2, 0.25) is 0 Å². The Morgan fingerprint density at radius 1 is 1.05 bits per heavy atom. The van der Waals surface area contributed by atoms with Gasteiger partial charge >= 0.3 is 0 Å². The quantitative estimate of drug-likeness (QED) is 0.240. The zero-order valence-electron chi connectivity index (χ0n) is 24.3. The van der Waals surface area contributed by atoms with Gasteiger partial charge in [-0.3, -0.25) is 4.79 Å². The molecule has 216 valence electrons. The lowest BCUT2D eigenvalue weighted by Gasteiger charge is -2.32. The third-order valence-corrected chi connectivity index (χ3v) is 7.85. The van der Waals surface area contributed by atoms with E-state index in [-0.39, 0.29) is 17.4 Å². The molecule has 1 fully saturated rings. The van der Waals surface area contributed by atoms with Gasteiger partial charge in [-0.15, -0.1) is 0 Å². The first-order chi connectivity index (χ1) is 20.9. The molecule has 0 radical (unpaired) electrons. The number of rotatable bonds is 6. The van der Waals surface area contributed by atoms with Gasteiger partial charge in [0.05, 0.1) is 5.39 Å². The molecule has 1 atom stereocenters. The van der Waals surface area contributed by atoms with Gasteiger partial charge in [0.15, 0.2) is 5.65 Å². The van der Waals surface area contributed by atoms with Crippen molar-refractivity contribution in [1.82, 2.24) is 24.3 Å². The highest BCUT2D eigenvalue weighted by atomic mass is 16.5. The van der Waals surface area contributed by atoms with Crippen LogP contribution in [0.4, 0.5) is 5.82 Å². The first-order valence-electron chi connectivity index (χ1n) is 14.4. The Morgan fingerprint density at radius 2 is 1.77 bits per heavy atom. The maximum absolute atomic E-state index is 13.2. The van der Waals surface area contributed by atoms with Gasteiger partial charge in [0.1, 0.15) is 35.3 Å². The lowest BCUT2D eigenvalue weighted by atomic mass is 9.92. The number of nitrogen functional groups attached to an aromatic ring is 1. The predicted octanol–water partition coefficient (Wildman–Crippen LogP) is 5.50. The minimum absolute atomic E-state index is 0.159. The van der Waals surface area contributed by atoms with E-state index in [1.165, 1.54) is 6.33 Å². The number of amides is 1. The zero-order valence-corrected chi connectivity index (χ0v) is 24.3. The average molecular weight is 572 g/mol. The van der Waals surface area contributed by atoms with E-state index in [0.717, 1.165) is 58.8 Å². The van der Waals surface area contributed by atoms with Crippen LogP contribution in [0.2, 0.25) is 0 Å². The molecule has 1 unspecified atom stereocenters. The highest BCUT2D eigenvalue weighted by Crippen LogP contribution is 2.37. The summed E-state index contributed by atoms with van der Waals surface area (Å²) >= 11 is 0. The maximum atomic E-state index is 13.2. The number of nitrogens with zero attached hydrogens (tertiary/aromatic N) is 6. The monoisotopic (exact) mass is 571 g/mol. The number of aromatic nitrogens is 3. The van der Waals surface area contributed by atoms with E-state index >= 15 is 0 Å². The normalized spacial score (nSPS) is 17.7. The van der Waals surface area contributed by atoms with Crippen LogP contribution < -0.4 is 10.5 Å². The van der Waals surface area contributed by atoms with Crippen molar-refractivity contribution < 1.29 is 9.53 Å². The highest BCUT2D eigenvalue weighted by molar-refractivity contribution is 6.02. The fourth-order valence-corrected chi connectivity index (χ4v) is 5.60. The second-order valence-electron chi connectivity index (χ2n) is 11.1. The fourth-order valence-electron chi connectivity index (χ4n) is 5.60. The first kappa shape index (κ1) is 27.9. The molecule has 9 nitrogen and oxygen atoms in total. The van der Waals surface area contributed by atoms with Crippen molar-refractivity contribution in [3.05, 3.63) is 96.5 Å². The Kier molecular flexibility index (Phi) is 7.77. The molecular weight excluding hydrogens is 538 g/mol. The number of hydrogen-bond donors (Lipinski definition) is 1. The number of para-hydroxylation sites is 1. The van der Waals surface area contributed by atoms with Gasteiger partial charge in [0, 0.05) is 43.6 Å². The number of nitriles is 1. The average Bonchev–Trinajstić information content (AvgIpc) is 3.42. The van der Waals surface area contributed by atoms with Crippen LogP contribution in [0, 0.1) is 17.2 Å². The largest absolute Gasteiger partial charge is 0.457 e. The van der Waals surface area contributed by atoms with Crippen molar-refractivity contribution >= 4 is 28.5 Å². The molecule has 6 rings (SSSR count). The van der Waals surface area contributed by atoms with Crippen molar-refractivity contribution in [2.45, 2.75) is 13.3 Å². The smallest absolute Gasteiger partial charge is 0.264 e. The molecule has 1 aliphatic carbocycles. The molecule has 1 saturated heterocycles. The molecule has 2 N–H and O–H groups in total. The fraction of sp³-hybridized carbons (Fsp3) is 0.235. The van der Waals surface area contributed by atoms with Crippen LogP contribution in [-0.4, -0.2) is 63.5 Å². The molecule has 1 aliphatic heterocycles. The Hall–Kier alpha value is -5.20. The Labute approximate surface area is 250 Å². The van der Waals surface area contributed by atoms with Crippen LogP contribution in [0.1, 0.15) is 13.3 Å². The summed E-state index contributed by atoms with van der Waals surface area (Å²) in [6.45, 7) is 4.96. The summed E-state index contributed by atoms with van der Waals surface area (Å²) in [5.41, 5.74) is 10.9.